The minimum atomic E-state index is -0.133. The zero-order valence-electron chi connectivity index (χ0n) is 11.1. The number of benzene rings is 1. The third kappa shape index (κ3) is 2.55. The molecule has 0 aliphatic carbocycles. The molecule has 2 aromatic rings. The normalized spacial score (nSPS) is 12.6. The third-order valence-electron chi connectivity index (χ3n) is 3.06. The number of rotatable bonds is 4. The van der Waals surface area contributed by atoms with Crippen molar-refractivity contribution >= 4 is 16.9 Å². The molecule has 1 N–H and O–H groups in total. The van der Waals surface area contributed by atoms with Gasteiger partial charge in [0.15, 0.2) is 5.76 Å². The quantitative estimate of drug-likeness (QED) is 0.893. The summed E-state index contributed by atoms with van der Waals surface area (Å²) in [5.41, 5.74) is 1.85. The van der Waals surface area contributed by atoms with Gasteiger partial charge in [-0.1, -0.05) is 31.5 Å². The van der Waals surface area contributed by atoms with Gasteiger partial charge in [-0.15, -0.1) is 0 Å². The molecule has 3 nitrogen and oxygen atoms in total. The van der Waals surface area contributed by atoms with E-state index in [2.05, 4.69) is 12.2 Å². The number of carbonyl (C=O) groups is 1. The topological polar surface area (TPSA) is 42.2 Å². The summed E-state index contributed by atoms with van der Waals surface area (Å²) in [4.78, 5) is 12.0. The Labute approximate surface area is 107 Å². The highest BCUT2D eigenvalue weighted by Crippen LogP contribution is 2.22. The van der Waals surface area contributed by atoms with Crippen LogP contribution in [0, 0.1) is 6.92 Å². The number of para-hydroxylation sites is 1. The second kappa shape index (κ2) is 5.25. The number of amides is 1. The van der Waals surface area contributed by atoms with Crippen LogP contribution in [0.1, 0.15) is 42.8 Å². The maximum atomic E-state index is 12.0. The fourth-order valence-corrected chi connectivity index (χ4v) is 2.12. The standard InChI is InChI=1S/C15H19NO2/c1-4-6-11(3)16-15(17)13-9-12-8-5-7-10(2)14(12)18-13/h5,7-9,11H,4,6H2,1-3H3,(H,16,17)/t11-/m0/s1. The summed E-state index contributed by atoms with van der Waals surface area (Å²) in [6, 6.07) is 7.88. The Morgan fingerprint density at radius 3 is 2.89 bits per heavy atom. The average molecular weight is 245 g/mol. The van der Waals surface area contributed by atoms with E-state index in [-0.39, 0.29) is 11.9 Å². The van der Waals surface area contributed by atoms with E-state index < -0.39 is 0 Å². The van der Waals surface area contributed by atoms with Crippen LogP contribution in [0.5, 0.6) is 0 Å². The monoisotopic (exact) mass is 245 g/mol. The Hall–Kier alpha value is -1.77. The molecule has 0 aliphatic heterocycles. The molecule has 0 spiro atoms. The second-order valence-electron chi connectivity index (χ2n) is 4.77. The van der Waals surface area contributed by atoms with Crippen molar-refractivity contribution in [2.45, 2.75) is 39.7 Å². The van der Waals surface area contributed by atoms with E-state index in [0.29, 0.717) is 5.76 Å². The van der Waals surface area contributed by atoms with Crippen molar-refractivity contribution in [2.24, 2.45) is 0 Å². The number of hydrogen-bond donors (Lipinski definition) is 1. The van der Waals surface area contributed by atoms with E-state index in [9.17, 15) is 4.79 Å². The summed E-state index contributed by atoms with van der Waals surface area (Å²) in [6.07, 6.45) is 2.03. The molecule has 1 aromatic heterocycles. The maximum Gasteiger partial charge on any atom is 0.287 e. The number of aryl methyl sites for hydroxylation is 1. The van der Waals surface area contributed by atoms with Crippen molar-refractivity contribution in [3.8, 4) is 0 Å². The van der Waals surface area contributed by atoms with Crippen molar-refractivity contribution in [1.29, 1.82) is 0 Å². The smallest absolute Gasteiger partial charge is 0.287 e. The van der Waals surface area contributed by atoms with Crippen molar-refractivity contribution in [1.82, 2.24) is 5.32 Å². The molecule has 1 aromatic carbocycles. The lowest BCUT2D eigenvalue weighted by atomic mass is 10.2. The summed E-state index contributed by atoms with van der Waals surface area (Å²) in [5, 5.41) is 3.92. The summed E-state index contributed by atoms with van der Waals surface area (Å²) in [6.45, 7) is 6.09. The van der Waals surface area contributed by atoms with Crippen LogP contribution in [0.3, 0.4) is 0 Å². The summed E-state index contributed by atoms with van der Waals surface area (Å²) in [5.74, 6) is 0.258. The zero-order chi connectivity index (χ0) is 13.1. The number of nitrogens with one attached hydrogen (secondary N) is 1. The molecule has 1 heterocycles. The number of hydrogen-bond acceptors (Lipinski definition) is 2. The Bertz CT molecular complexity index is 557. The first-order chi connectivity index (χ1) is 8.61. The maximum absolute atomic E-state index is 12.0. The van der Waals surface area contributed by atoms with Gasteiger partial charge in [-0.3, -0.25) is 4.79 Å². The van der Waals surface area contributed by atoms with Crippen LogP contribution in [-0.4, -0.2) is 11.9 Å². The van der Waals surface area contributed by atoms with Crippen LogP contribution in [0.15, 0.2) is 28.7 Å². The summed E-state index contributed by atoms with van der Waals surface area (Å²) in [7, 11) is 0. The van der Waals surface area contributed by atoms with Crippen molar-refractivity contribution in [2.75, 3.05) is 0 Å². The molecular weight excluding hydrogens is 226 g/mol. The molecule has 18 heavy (non-hydrogen) atoms. The third-order valence-corrected chi connectivity index (χ3v) is 3.06. The predicted octanol–water partition coefficient (Wildman–Crippen LogP) is 3.66. The van der Waals surface area contributed by atoms with Crippen LogP contribution in [0.2, 0.25) is 0 Å². The molecule has 0 saturated carbocycles. The lowest BCUT2D eigenvalue weighted by Crippen LogP contribution is -2.32. The molecule has 0 radical (unpaired) electrons. The SMILES string of the molecule is CCC[C@H](C)NC(=O)c1cc2cccc(C)c2o1. The summed E-state index contributed by atoms with van der Waals surface area (Å²) < 4.78 is 5.63. The molecule has 2 rings (SSSR count). The second-order valence-corrected chi connectivity index (χ2v) is 4.77. The van der Waals surface area contributed by atoms with Crippen LogP contribution in [-0.2, 0) is 0 Å². The number of furan rings is 1. The summed E-state index contributed by atoms with van der Waals surface area (Å²) >= 11 is 0. The van der Waals surface area contributed by atoms with E-state index >= 15 is 0 Å². The van der Waals surface area contributed by atoms with E-state index in [1.807, 2.05) is 32.0 Å². The van der Waals surface area contributed by atoms with Crippen LogP contribution >= 0.6 is 0 Å². The fourth-order valence-electron chi connectivity index (χ4n) is 2.12. The van der Waals surface area contributed by atoms with E-state index in [1.54, 1.807) is 6.07 Å². The highest BCUT2D eigenvalue weighted by atomic mass is 16.3. The largest absolute Gasteiger partial charge is 0.451 e. The highest BCUT2D eigenvalue weighted by molar-refractivity contribution is 5.96. The Kier molecular flexibility index (Phi) is 3.70. The van der Waals surface area contributed by atoms with Gasteiger partial charge in [0.2, 0.25) is 0 Å². The van der Waals surface area contributed by atoms with Gasteiger partial charge in [0.1, 0.15) is 5.58 Å². The molecule has 0 fully saturated rings. The van der Waals surface area contributed by atoms with Crippen LogP contribution in [0.4, 0.5) is 0 Å². The molecule has 1 amide bonds. The molecule has 0 bridgehead atoms. The molecule has 1 atom stereocenters. The Balaban J connectivity index is 2.21. The molecule has 0 unspecified atom stereocenters. The predicted molar refractivity (Wildman–Crippen MR) is 72.8 cm³/mol. The lowest BCUT2D eigenvalue weighted by molar-refractivity contribution is 0.0912. The van der Waals surface area contributed by atoms with E-state index in [4.69, 9.17) is 4.42 Å². The van der Waals surface area contributed by atoms with Gasteiger partial charge in [-0.05, 0) is 31.9 Å². The van der Waals surface area contributed by atoms with Gasteiger partial charge in [-0.25, -0.2) is 0 Å². The molecule has 3 heteroatoms. The zero-order valence-corrected chi connectivity index (χ0v) is 11.1. The van der Waals surface area contributed by atoms with Gasteiger partial charge in [0, 0.05) is 11.4 Å². The van der Waals surface area contributed by atoms with Crippen LogP contribution in [0.25, 0.3) is 11.0 Å². The lowest BCUT2D eigenvalue weighted by Gasteiger charge is -2.10. The number of fused-ring (bicyclic) bond motifs is 1. The average Bonchev–Trinajstić information content (AvgIpc) is 2.74. The first kappa shape index (κ1) is 12.7. The highest BCUT2D eigenvalue weighted by Gasteiger charge is 2.14. The van der Waals surface area contributed by atoms with Crippen molar-refractivity contribution in [3.63, 3.8) is 0 Å². The molecule has 0 aliphatic rings. The minimum absolute atomic E-state index is 0.133. The van der Waals surface area contributed by atoms with Gasteiger partial charge >= 0.3 is 0 Å². The van der Waals surface area contributed by atoms with Gasteiger partial charge in [-0.2, -0.15) is 0 Å². The van der Waals surface area contributed by atoms with Gasteiger partial charge in [0.05, 0.1) is 0 Å². The molecule has 0 saturated heterocycles. The fraction of sp³-hybridized carbons (Fsp3) is 0.400. The van der Waals surface area contributed by atoms with Crippen molar-refractivity contribution in [3.05, 3.63) is 35.6 Å². The first-order valence-electron chi connectivity index (χ1n) is 6.42. The minimum Gasteiger partial charge on any atom is -0.451 e. The van der Waals surface area contributed by atoms with Crippen LogP contribution < -0.4 is 5.32 Å². The molecule has 96 valence electrons. The Morgan fingerprint density at radius 2 is 2.22 bits per heavy atom. The Morgan fingerprint density at radius 1 is 1.44 bits per heavy atom. The molecular formula is C15H19NO2. The van der Waals surface area contributed by atoms with Gasteiger partial charge < -0.3 is 9.73 Å². The van der Waals surface area contributed by atoms with E-state index in [0.717, 1.165) is 29.4 Å². The first-order valence-corrected chi connectivity index (χ1v) is 6.42. The van der Waals surface area contributed by atoms with E-state index in [1.165, 1.54) is 0 Å². The van der Waals surface area contributed by atoms with Gasteiger partial charge in [0.25, 0.3) is 5.91 Å². The van der Waals surface area contributed by atoms with Crippen molar-refractivity contribution < 1.29 is 9.21 Å². The number of carbonyl (C=O) groups excluding carboxylic acids is 1.